The maximum absolute atomic E-state index is 13.0. The number of carbonyl (C=O) groups excluding carboxylic acids is 2. The zero-order chi connectivity index (χ0) is 18.3. The van der Waals surface area contributed by atoms with Gasteiger partial charge in [-0.3, -0.25) is 9.69 Å². The van der Waals surface area contributed by atoms with Gasteiger partial charge in [0.25, 0.3) is 5.91 Å². The molecule has 7 heteroatoms. The van der Waals surface area contributed by atoms with Gasteiger partial charge in [-0.2, -0.15) is 4.98 Å². The van der Waals surface area contributed by atoms with E-state index in [1.54, 1.807) is 0 Å². The van der Waals surface area contributed by atoms with E-state index < -0.39 is 5.54 Å². The van der Waals surface area contributed by atoms with Crippen molar-refractivity contribution in [1.29, 1.82) is 0 Å². The largest absolute Gasteiger partial charge is 0.337 e. The van der Waals surface area contributed by atoms with Crippen molar-refractivity contribution in [3.05, 3.63) is 35.7 Å². The van der Waals surface area contributed by atoms with Crippen molar-refractivity contribution < 1.29 is 14.1 Å². The molecule has 0 unspecified atom stereocenters. The molecule has 4 rings (SSSR count). The molecule has 1 aliphatic carbocycles. The summed E-state index contributed by atoms with van der Waals surface area (Å²) in [5, 5.41) is 6.94. The third kappa shape index (κ3) is 2.58. The lowest BCUT2D eigenvalue weighted by molar-refractivity contribution is -0.134. The number of benzene rings is 1. The van der Waals surface area contributed by atoms with Crippen molar-refractivity contribution in [2.24, 2.45) is 5.92 Å². The number of nitrogens with zero attached hydrogens (tertiary/aromatic N) is 3. The molecule has 1 aromatic heterocycles. The van der Waals surface area contributed by atoms with Gasteiger partial charge in [-0.05, 0) is 31.2 Å². The Morgan fingerprint density at radius 1 is 1.31 bits per heavy atom. The van der Waals surface area contributed by atoms with E-state index in [9.17, 15) is 9.59 Å². The van der Waals surface area contributed by atoms with Gasteiger partial charge in [-0.25, -0.2) is 4.79 Å². The monoisotopic (exact) mass is 354 g/mol. The van der Waals surface area contributed by atoms with Crippen LogP contribution in [0.2, 0.25) is 0 Å². The summed E-state index contributed by atoms with van der Waals surface area (Å²) in [6, 6.07) is 7.36. The minimum Gasteiger partial charge on any atom is -0.337 e. The molecule has 0 radical (unpaired) electrons. The van der Waals surface area contributed by atoms with E-state index in [-0.39, 0.29) is 30.3 Å². The Balaban J connectivity index is 1.56. The van der Waals surface area contributed by atoms with Crippen LogP contribution in [0, 0.1) is 12.8 Å². The smallest absolute Gasteiger partial charge is 0.325 e. The number of hydrogen-bond acceptors (Lipinski definition) is 5. The Hall–Kier alpha value is -2.70. The SMILES string of the molecule is Cc1ccccc1-c1noc(CN2C(=O)N[C@@]3(CCCC[C@H]3C)C2=O)n1. The van der Waals surface area contributed by atoms with E-state index in [4.69, 9.17) is 4.52 Å². The lowest BCUT2D eigenvalue weighted by atomic mass is 9.73. The standard InChI is InChI=1S/C19H22N4O3/c1-12-7-3-4-9-14(12)16-20-15(26-22-16)11-23-17(24)19(21-18(23)25)10-6-5-8-13(19)2/h3-4,7,9,13H,5-6,8,10-11H2,1-2H3,(H,21,25)/t13-,19-/m1/s1. The Bertz CT molecular complexity index is 862. The summed E-state index contributed by atoms with van der Waals surface area (Å²) >= 11 is 0. The molecule has 2 atom stereocenters. The number of nitrogens with one attached hydrogen (secondary N) is 1. The Kier molecular flexibility index (Phi) is 4.01. The zero-order valence-electron chi connectivity index (χ0n) is 15.0. The third-order valence-electron chi connectivity index (χ3n) is 5.65. The molecule has 2 fully saturated rings. The van der Waals surface area contributed by atoms with Gasteiger partial charge in [-0.15, -0.1) is 0 Å². The first-order chi connectivity index (χ1) is 12.5. The summed E-state index contributed by atoms with van der Waals surface area (Å²) < 4.78 is 5.30. The summed E-state index contributed by atoms with van der Waals surface area (Å²) in [5.41, 5.74) is 1.13. The second-order valence-corrected chi connectivity index (χ2v) is 7.27. The molecule has 2 aromatic rings. The minimum absolute atomic E-state index is 0.00197. The van der Waals surface area contributed by atoms with Crippen molar-refractivity contribution in [1.82, 2.24) is 20.4 Å². The lowest BCUT2D eigenvalue weighted by Crippen LogP contribution is -2.53. The third-order valence-corrected chi connectivity index (χ3v) is 5.65. The van der Waals surface area contributed by atoms with E-state index in [2.05, 4.69) is 15.5 Å². The van der Waals surface area contributed by atoms with Gasteiger partial charge in [0.05, 0.1) is 0 Å². The molecule has 136 valence electrons. The highest BCUT2D eigenvalue weighted by Crippen LogP contribution is 2.38. The molecule has 1 aromatic carbocycles. The summed E-state index contributed by atoms with van der Waals surface area (Å²) in [6.07, 6.45) is 3.67. The van der Waals surface area contributed by atoms with Gasteiger partial charge >= 0.3 is 6.03 Å². The predicted molar refractivity (Wildman–Crippen MR) is 93.9 cm³/mol. The summed E-state index contributed by atoms with van der Waals surface area (Å²) in [7, 11) is 0. The number of carbonyl (C=O) groups is 2. The molecule has 3 amide bonds. The second-order valence-electron chi connectivity index (χ2n) is 7.27. The highest BCUT2D eigenvalue weighted by atomic mass is 16.5. The van der Waals surface area contributed by atoms with Crippen LogP contribution in [0.15, 0.2) is 28.8 Å². The maximum atomic E-state index is 13.0. The van der Waals surface area contributed by atoms with Crippen LogP contribution in [0.3, 0.4) is 0 Å². The van der Waals surface area contributed by atoms with Crippen molar-refractivity contribution in [2.75, 3.05) is 0 Å². The number of rotatable bonds is 3. The van der Waals surface area contributed by atoms with Crippen molar-refractivity contribution in [3.8, 4) is 11.4 Å². The molecule has 26 heavy (non-hydrogen) atoms. The van der Waals surface area contributed by atoms with Crippen LogP contribution in [0.1, 0.15) is 44.1 Å². The fourth-order valence-electron chi connectivity index (χ4n) is 4.03. The van der Waals surface area contributed by atoms with Gasteiger partial charge in [0.2, 0.25) is 11.7 Å². The molecule has 1 saturated carbocycles. The quantitative estimate of drug-likeness (QED) is 0.856. The Labute approximate surface area is 151 Å². The average molecular weight is 354 g/mol. The Morgan fingerprint density at radius 3 is 2.88 bits per heavy atom. The van der Waals surface area contributed by atoms with Crippen molar-refractivity contribution in [2.45, 2.75) is 51.6 Å². The van der Waals surface area contributed by atoms with E-state index in [1.807, 2.05) is 38.1 Å². The fraction of sp³-hybridized carbons (Fsp3) is 0.474. The van der Waals surface area contributed by atoms with Crippen LogP contribution in [-0.4, -0.2) is 32.5 Å². The topological polar surface area (TPSA) is 88.3 Å². The molecule has 1 saturated heterocycles. The number of aromatic nitrogens is 2. The molecule has 2 heterocycles. The predicted octanol–water partition coefficient (Wildman–Crippen LogP) is 3.05. The van der Waals surface area contributed by atoms with Crippen LogP contribution in [0.4, 0.5) is 4.79 Å². The lowest BCUT2D eigenvalue weighted by Gasteiger charge is -2.36. The van der Waals surface area contributed by atoms with Crippen LogP contribution in [0.25, 0.3) is 11.4 Å². The first-order valence-electron chi connectivity index (χ1n) is 9.04. The number of imide groups is 1. The fourth-order valence-corrected chi connectivity index (χ4v) is 4.03. The van der Waals surface area contributed by atoms with E-state index >= 15 is 0 Å². The number of hydrogen-bond donors (Lipinski definition) is 1. The molecular formula is C19H22N4O3. The number of amides is 3. The van der Waals surface area contributed by atoms with Crippen molar-refractivity contribution >= 4 is 11.9 Å². The molecule has 2 aliphatic rings. The second kappa shape index (κ2) is 6.23. The van der Waals surface area contributed by atoms with Gasteiger partial charge < -0.3 is 9.84 Å². The molecule has 1 spiro atoms. The summed E-state index contributed by atoms with van der Waals surface area (Å²) in [6.45, 7) is 4.00. The minimum atomic E-state index is -0.770. The summed E-state index contributed by atoms with van der Waals surface area (Å²) in [5.74, 6) is 0.673. The van der Waals surface area contributed by atoms with E-state index in [1.165, 1.54) is 4.90 Å². The Morgan fingerprint density at radius 2 is 2.12 bits per heavy atom. The van der Waals surface area contributed by atoms with Crippen LogP contribution < -0.4 is 5.32 Å². The number of aryl methyl sites for hydroxylation is 1. The zero-order valence-corrected chi connectivity index (χ0v) is 15.0. The van der Waals surface area contributed by atoms with Crippen LogP contribution in [0.5, 0.6) is 0 Å². The van der Waals surface area contributed by atoms with Crippen LogP contribution >= 0.6 is 0 Å². The first kappa shape index (κ1) is 16.8. The average Bonchev–Trinajstić information content (AvgIpc) is 3.18. The number of urea groups is 1. The van der Waals surface area contributed by atoms with Gasteiger partial charge in [0.1, 0.15) is 12.1 Å². The highest BCUT2D eigenvalue weighted by molar-refractivity contribution is 6.07. The molecule has 7 nitrogen and oxygen atoms in total. The summed E-state index contributed by atoms with van der Waals surface area (Å²) in [4.78, 5) is 31.0. The first-order valence-corrected chi connectivity index (χ1v) is 9.04. The molecular weight excluding hydrogens is 332 g/mol. The van der Waals surface area contributed by atoms with Gasteiger partial charge in [0.15, 0.2) is 0 Å². The van der Waals surface area contributed by atoms with E-state index in [0.29, 0.717) is 12.2 Å². The highest BCUT2D eigenvalue weighted by Gasteiger charge is 2.55. The van der Waals surface area contributed by atoms with Gasteiger partial charge in [0, 0.05) is 5.56 Å². The molecule has 1 aliphatic heterocycles. The molecule has 0 bridgehead atoms. The van der Waals surface area contributed by atoms with Crippen LogP contribution in [-0.2, 0) is 11.3 Å². The van der Waals surface area contributed by atoms with Crippen molar-refractivity contribution in [3.63, 3.8) is 0 Å². The van der Waals surface area contributed by atoms with Gasteiger partial charge in [-0.1, -0.05) is 49.2 Å². The maximum Gasteiger partial charge on any atom is 0.325 e. The normalized spacial score (nSPS) is 25.8. The molecule has 1 N–H and O–H groups in total. The van der Waals surface area contributed by atoms with E-state index in [0.717, 1.165) is 30.4 Å².